The first kappa shape index (κ1) is 22.2. The number of nitrogens with one attached hydrogen (secondary N) is 2. The van der Waals surface area contributed by atoms with E-state index in [2.05, 4.69) is 27.3 Å². The van der Waals surface area contributed by atoms with E-state index < -0.39 is 11.4 Å². The molecule has 1 aliphatic rings. The topological polar surface area (TPSA) is 80.0 Å². The molecule has 32 heavy (non-hydrogen) atoms. The van der Waals surface area contributed by atoms with E-state index in [0.717, 1.165) is 25.7 Å². The predicted molar refractivity (Wildman–Crippen MR) is 116 cm³/mol. The Kier molecular flexibility index (Phi) is 6.69. The molecule has 0 aliphatic heterocycles. The summed E-state index contributed by atoms with van der Waals surface area (Å²) in [6.45, 7) is 0. The molecular formula is C22H20F3N4O2S. The van der Waals surface area contributed by atoms with E-state index in [1.807, 2.05) is 24.3 Å². The van der Waals surface area contributed by atoms with Crippen LogP contribution in [-0.4, -0.2) is 21.6 Å². The van der Waals surface area contributed by atoms with Crippen LogP contribution in [0.3, 0.4) is 0 Å². The molecule has 2 aromatic carbocycles. The lowest BCUT2D eigenvalue weighted by molar-refractivity contribution is -0.0328. The maximum Gasteiger partial charge on any atom is 0.446 e. The lowest BCUT2D eigenvalue weighted by Crippen LogP contribution is -2.12. The van der Waals surface area contributed by atoms with E-state index in [4.69, 9.17) is 4.42 Å². The zero-order valence-corrected chi connectivity index (χ0v) is 17.7. The van der Waals surface area contributed by atoms with Gasteiger partial charge in [0, 0.05) is 16.3 Å². The second-order valence-electron chi connectivity index (χ2n) is 7.33. The number of carbonyl (C=O) groups excluding carboxylic acids is 1. The van der Waals surface area contributed by atoms with Gasteiger partial charge in [0.25, 0.3) is 0 Å². The molecule has 0 saturated heterocycles. The monoisotopic (exact) mass is 461 g/mol. The van der Waals surface area contributed by atoms with Gasteiger partial charge in [-0.25, -0.2) is 0 Å². The third-order valence-corrected chi connectivity index (χ3v) is 5.78. The van der Waals surface area contributed by atoms with E-state index in [1.165, 1.54) is 29.8 Å². The van der Waals surface area contributed by atoms with Gasteiger partial charge in [-0.1, -0.05) is 17.2 Å². The van der Waals surface area contributed by atoms with Crippen LogP contribution in [0.2, 0.25) is 0 Å². The number of halogens is 3. The van der Waals surface area contributed by atoms with Gasteiger partial charge in [0.1, 0.15) is 0 Å². The van der Waals surface area contributed by atoms with Crippen LogP contribution in [0, 0.1) is 6.42 Å². The Morgan fingerprint density at radius 2 is 1.62 bits per heavy atom. The van der Waals surface area contributed by atoms with Crippen molar-refractivity contribution in [2.75, 3.05) is 10.6 Å². The number of thioether (sulfide) groups is 1. The molecule has 1 saturated carbocycles. The standard InChI is InChI=1S/C22H20F3N4O2S/c23-22(24,25)32-18-12-10-17(11-13-18)27-21-29-28-20(31-21)19(30)26-16-8-6-15(7-9-16)14-4-2-1-3-5-14/h1,6-14H,2-5H2,(H,26,30)(H,27,29). The average molecular weight is 461 g/mol. The van der Waals surface area contributed by atoms with Crippen LogP contribution in [0.1, 0.15) is 47.8 Å². The summed E-state index contributed by atoms with van der Waals surface area (Å²) in [7, 11) is 0. The Hall–Kier alpha value is -3.01. The number of hydrogen-bond acceptors (Lipinski definition) is 6. The number of benzene rings is 2. The lowest BCUT2D eigenvalue weighted by atomic mass is 9.84. The van der Waals surface area contributed by atoms with Crippen molar-refractivity contribution < 1.29 is 22.4 Å². The van der Waals surface area contributed by atoms with Gasteiger partial charge >= 0.3 is 23.3 Å². The predicted octanol–water partition coefficient (Wildman–Crippen LogP) is 6.54. The zero-order chi connectivity index (χ0) is 22.6. The van der Waals surface area contributed by atoms with Gasteiger partial charge in [-0.15, -0.1) is 5.10 Å². The molecule has 10 heteroatoms. The van der Waals surface area contributed by atoms with Crippen molar-refractivity contribution in [3.63, 3.8) is 0 Å². The minimum Gasteiger partial charge on any atom is -0.399 e. The van der Waals surface area contributed by atoms with Crippen molar-refractivity contribution in [1.29, 1.82) is 0 Å². The first-order valence-corrected chi connectivity index (χ1v) is 10.9. The van der Waals surface area contributed by atoms with Crippen molar-refractivity contribution in [1.82, 2.24) is 10.2 Å². The normalized spacial score (nSPS) is 14.8. The van der Waals surface area contributed by atoms with Crippen LogP contribution in [0.25, 0.3) is 0 Å². The SMILES string of the molecule is O=C(Nc1ccc(C2CC[CH]CC2)cc1)c1nnc(Nc2ccc(SC(F)(F)F)cc2)o1. The Labute approximate surface area is 187 Å². The van der Waals surface area contributed by atoms with Crippen molar-refractivity contribution in [3.8, 4) is 0 Å². The highest BCUT2D eigenvalue weighted by Gasteiger charge is 2.29. The summed E-state index contributed by atoms with van der Waals surface area (Å²) in [5.41, 5.74) is -2.02. The van der Waals surface area contributed by atoms with Crippen LogP contribution >= 0.6 is 11.8 Å². The number of nitrogens with zero attached hydrogens (tertiary/aromatic N) is 2. The lowest BCUT2D eigenvalue weighted by Gasteiger charge is -2.21. The maximum absolute atomic E-state index is 12.4. The first-order chi connectivity index (χ1) is 15.4. The van der Waals surface area contributed by atoms with E-state index in [0.29, 0.717) is 17.3 Å². The van der Waals surface area contributed by atoms with Gasteiger partial charge in [-0.2, -0.15) is 13.2 Å². The molecule has 1 aliphatic carbocycles. The fraction of sp³-hybridized carbons (Fsp3) is 0.273. The molecule has 0 unspecified atom stereocenters. The van der Waals surface area contributed by atoms with Crippen LogP contribution < -0.4 is 10.6 Å². The summed E-state index contributed by atoms with van der Waals surface area (Å²) in [5.74, 6) is -0.235. The number of alkyl halides is 3. The third kappa shape index (κ3) is 6.03. The zero-order valence-electron chi connectivity index (χ0n) is 16.9. The molecular weight excluding hydrogens is 441 g/mol. The van der Waals surface area contributed by atoms with Crippen molar-refractivity contribution in [2.24, 2.45) is 0 Å². The number of aromatic nitrogens is 2. The summed E-state index contributed by atoms with van der Waals surface area (Å²) in [6, 6.07) is 13.2. The average Bonchev–Trinajstić information content (AvgIpc) is 3.24. The van der Waals surface area contributed by atoms with E-state index >= 15 is 0 Å². The van der Waals surface area contributed by atoms with Gasteiger partial charge in [-0.05, 0) is 91.7 Å². The number of amides is 1. The number of anilines is 3. The summed E-state index contributed by atoms with van der Waals surface area (Å²) >= 11 is -0.200. The Morgan fingerprint density at radius 3 is 2.28 bits per heavy atom. The minimum atomic E-state index is -4.35. The highest BCUT2D eigenvalue weighted by atomic mass is 32.2. The number of carbonyl (C=O) groups is 1. The molecule has 1 amide bonds. The van der Waals surface area contributed by atoms with Crippen LogP contribution in [0.5, 0.6) is 0 Å². The Bertz CT molecular complexity index is 1050. The summed E-state index contributed by atoms with van der Waals surface area (Å²) in [4.78, 5) is 12.5. The molecule has 1 radical (unpaired) electrons. The molecule has 1 fully saturated rings. The summed E-state index contributed by atoms with van der Waals surface area (Å²) in [6.07, 6.45) is 6.88. The van der Waals surface area contributed by atoms with Crippen molar-refractivity contribution in [2.45, 2.75) is 42.0 Å². The van der Waals surface area contributed by atoms with E-state index in [9.17, 15) is 18.0 Å². The summed E-state index contributed by atoms with van der Waals surface area (Å²) in [5, 5.41) is 13.0. The quantitative estimate of drug-likeness (QED) is 0.406. The number of hydrogen-bond donors (Lipinski definition) is 2. The molecule has 0 atom stereocenters. The second kappa shape index (κ2) is 9.64. The molecule has 0 bridgehead atoms. The highest BCUT2D eigenvalue weighted by Crippen LogP contribution is 2.37. The smallest absolute Gasteiger partial charge is 0.399 e. The molecule has 3 aromatic rings. The first-order valence-electron chi connectivity index (χ1n) is 10.0. The molecule has 1 aromatic heterocycles. The van der Waals surface area contributed by atoms with Gasteiger partial charge in [0.05, 0.1) is 0 Å². The van der Waals surface area contributed by atoms with Crippen LogP contribution in [0.4, 0.5) is 30.6 Å². The second-order valence-corrected chi connectivity index (χ2v) is 8.46. The van der Waals surface area contributed by atoms with Gasteiger partial charge in [-0.3, -0.25) is 4.79 Å². The third-order valence-electron chi connectivity index (χ3n) is 5.04. The molecule has 0 spiro atoms. The van der Waals surface area contributed by atoms with Crippen molar-refractivity contribution >= 4 is 35.1 Å². The van der Waals surface area contributed by atoms with Crippen molar-refractivity contribution in [3.05, 3.63) is 66.4 Å². The van der Waals surface area contributed by atoms with E-state index in [-0.39, 0.29) is 28.6 Å². The molecule has 4 rings (SSSR count). The fourth-order valence-electron chi connectivity index (χ4n) is 3.51. The Morgan fingerprint density at radius 1 is 0.969 bits per heavy atom. The summed E-state index contributed by atoms with van der Waals surface area (Å²) < 4.78 is 42.5. The molecule has 167 valence electrons. The number of rotatable bonds is 6. The maximum atomic E-state index is 12.4. The fourth-order valence-corrected chi connectivity index (χ4v) is 4.05. The molecule has 1 heterocycles. The van der Waals surface area contributed by atoms with Gasteiger partial charge in [0.15, 0.2) is 0 Å². The highest BCUT2D eigenvalue weighted by molar-refractivity contribution is 8.00. The van der Waals surface area contributed by atoms with Crippen LogP contribution in [-0.2, 0) is 0 Å². The minimum absolute atomic E-state index is 0.0455. The van der Waals surface area contributed by atoms with E-state index in [1.54, 1.807) is 0 Å². The molecule has 6 nitrogen and oxygen atoms in total. The molecule has 2 N–H and O–H groups in total. The van der Waals surface area contributed by atoms with Gasteiger partial charge < -0.3 is 15.1 Å². The van der Waals surface area contributed by atoms with Gasteiger partial charge in [0.2, 0.25) is 0 Å². The van der Waals surface area contributed by atoms with Crippen LogP contribution in [0.15, 0.2) is 57.8 Å². The Balaban J connectivity index is 1.33. The largest absolute Gasteiger partial charge is 0.446 e.